The van der Waals surface area contributed by atoms with Crippen LogP contribution in [0.3, 0.4) is 0 Å². The van der Waals surface area contributed by atoms with Crippen LogP contribution < -0.4 is 0 Å². The van der Waals surface area contributed by atoms with Crippen molar-refractivity contribution in [3.63, 3.8) is 0 Å². The zero-order valence-corrected chi connectivity index (χ0v) is 11.9. The second kappa shape index (κ2) is 6.44. The highest BCUT2D eigenvalue weighted by Gasteiger charge is 2.26. The molecule has 1 aromatic rings. The van der Waals surface area contributed by atoms with Crippen molar-refractivity contribution in [1.29, 1.82) is 5.26 Å². The summed E-state index contributed by atoms with van der Waals surface area (Å²) < 4.78 is 5.11. The van der Waals surface area contributed by atoms with Crippen LogP contribution in [0.25, 0.3) is 0 Å². The lowest BCUT2D eigenvalue weighted by Crippen LogP contribution is -2.38. The van der Waals surface area contributed by atoms with E-state index in [4.69, 9.17) is 9.52 Å². The van der Waals surface area contributed by atoms with Gasteiger partial charge < -0.3 is 14.4 Å². The third kappa shape index (κ3) is 3.63. The Hall–Kier alpha value is -2.29. The molecule has 6 nitrogen and oxygen atoms in total. The molecule has 0 bridgehead atoms. The van der Waals surface area contributed by atoms with Crippen molar-refractivity contribution >= 4 is 11.9 Å². The van der Waals surface area contributed by atoms with Crippen molar-refractivity contribution in [2.45, 2.75) is 32.1 Å². The van der Waals surface area contributed by atoms with E-state index in [1.165, 1.54) is 12.1 Å². The maximum absolute atomic E-state index is 12.2. The average Bonchev–Trinajstić information content (AvgIpc) is 2.95. The number of carbonyl (C=O) groups is 2. The molecule has 0 radical (unpaired) electrons. The van der Waals surface area contributed by atoms with Gasteiger partial charge in [-0.1, -0.05) is 6.92 Å². The Morgan fingerprint density at radius 3 is 2.67 bits per heavy atom. The van der Waals surface area contributed by atoms with Gasteiger partial charge in [0.2, 0.25) is 11.7 Å². The molecule has 1 aliphatic heterocycles. The van der Waals surface area contributed by atoms with E-state index in [9.17, 15) is 14.9 Å². The van der Waals surface area contributed by atoms with Crippen molar-refractivity contribution in [1.82, 2.24) is 4.90 Å². The fraction of sp³-hybridized carbons (Fsp3) is 0.533. The first-order valence-electron chi connectivity index (χ1n) is 7.01. The van der Waals surface area contributed by atoms with Gasteiger partial charge in [0.25, 0.3) is 0 Å². The number of rotatable bonds is 4. The van der Waals surface area contributed by atoms with E-state index in [1.807, 2.05) is 6.07 Å². The summed E-state index contributed by atoms with van der Waals surface area (Å²) in [7, 11) is 0. The molecular formula is C15H18N2O4. The molecule has 0 saturated carbocycles. The summed E-state index contributed by atoms with van der Waals surface area (Å²) in [5.74, 6) is -1.37. The molecule has 1 saturated heterocycles. The highest BCUT2D eigenvalue weighted by molar-refractivity contribution is 5.84. The molecular weight excluding hydrogens is 272 g/mol. The molecule has 2 rings (SSSR count). The fourth-order valence-corrected chi connectivity index (χ4v) is 2.43. The topological polar surface area (TPSA) is 94.5 Å². The van der Waals surface area contributed by atoms with Crippen molar-refractivity contribution in [3.05, 3.63) is 23.7 Å². The van der Waals surface area contributed by atoms with Gasteiger partial charge in [0.05, 0.1) is 6.07 Å². The second-order valence-corrected chi connectivity index (χ2v) is 5.46. The quantitative estimate of drug-likeness (QED) is 0.917. The van der Waals surface area contributed by atoms with Crippen LogP contribution >= 0.6 is 0 Å². The van der Waals surface area contributed by atoms with E-state index in [-0.39, 0.29) is 23.8 Å². The second-order valence-electron chi connectivity index (χ2n) is 5.46. The summed E-state index contributed by atoms with van der Waals surface area (Å²) in [4.78, 5) is 24.7. The van der Waals surface area contributed by atoms with Gasteiger partial charge in [-0.25, -0.2) is 4.79 Å². The minimum Gasteiger partial charge on any atom is -0.475 e. The molecule has 1 aromatic heterocycles. The van der Waals surface area contributed by atoms with Crippen LogP contribution in [-0.4, -0.2) is 35.0 Å². The summed E-state index contributed by atoms with van der Waals surface area (Å²) >= 11 is 0. The van der Waals surface area contributed by atoms with Gasteiger partial charge in [-0.3, -0.25) is 4.79 Å². The van der Waals surface area contributed by atoms with Gasteiger partial charge in [-0.15, -0.1) is 0 Å². The van der Waals surface area contributed by atoms with Crippen LogP contribution in [0, 0.1) is 17.2 Å². The Kier molecular flexibility index (Phi) is 4.63. The largest absolute Gasteiger partial charge is 0.475 e. The number of likely N-dealkylation sites (tertiary alicyclic amines) is 1. The normalized spacial score (nSPS) is 17.2. The van der Waals surface area contributed by atoms with E-state index in [1.54, 1.807) is 4.90 Å². The minimum absolute atomic E-state index is 0.0253. The number of hydrogen-bond donors (Lipinski definition) is 1. The third-order valence-corrected chi connectivity index (χ3v) is 3.85. The number of hydrogen-bond acceptors (Lipinski definition) is 4. The van der Waals surface area contributed by atoms with E-state index in [0.29, 0.717) is 5.92 Å². The number of amides is 1. The molecule has 1 atom stereocenters. The predicted octanol–water partition coefficient (Wildman–Crippen LogP) is 2.23. The maximum atomic E-state index is 12.2. The Morgan fingerprint density at radius 1 is 1.48 bits per heavy atom. The molecule has 0 aliphatic carbocycles. The molecule has 112 valence electrons. The Balaban J connectivity index is 2.00. The van der Waals surface area contributed by atoms with E-state index in [2.05, 4.69) is 6.92 Å². The van der Waals surface area contributed by atoms with Gasteiger partial charge in [0.15, 0.2) is 0 Å². The number of nitriles is 1. The first-order valence-corrected chi connectivity index (χ1v) is 7.01. The number of nitrogens with zero attached hydrogens (tertiary/aromatic N) is 2. The third-order valence-electron chi connectivity index (χ3n) is 3.85. The van der Waals surface area contributed by atoms with Crippen LogP contribution in [0.5, 0.6) is 0 Å². The first-order chi connectivity index (χ1) is 10.0. The lowest BCUT2D eigenvalue weighted by Gasteiger charge is -2.30. The van der Waals surface area contributed by atoms with Crippen molar-refractivity contribution < 1.29 is 19.1 Å². The molecule has 1 amide bonds. The molecule has 2 heterocycles. The van der Waals surface area contributed by atoms with Crippen molar-refractivity contribution in [2.24, 2.45) is 5.92 Å². The van der Waals surface area contributed by atoms with E-state index < -0.39 is 11.9 Å². The summed E-state index contributed by atoms with van der Waals surface area (Å²) in [5, 5.41) is 18.0. The SMILES string of the molecule is CC1CCN(C(=O)CC(C#N)c2ccc(C(=O)O)o2)CC1. The zero-order chi connectivity index (χ0) is 15.4. The Morgan fingerprint density at radius 2 is 2.14 bits per heavy atom. The average molecular weight is 290 g/mol. The molecule has 1 unspecified atom stereocenters. The van der Waals surface area contributed by atoms with Crippen molar-refractivity contribution in [2.75, 3.05) is 13.1 Å². The lowest BCUT2D eigenvalue weighted by atomic mass is 9.97. The smallest absolute Gasteiger partial charge is 0.371 e. The molecule has 0 aromatic carbocycles. The summed E-state index contributed by atoms with van der Waals surface area (Å²) in [5.41, 5.74) is 0. The van der Waals surface area contributed by atoms with Gasteiger partial charge in [0, 0.05) is 19.5 Å². The van der Waals surface area contributed by atoms with Crippen LogP contribution in [-0.2, 0) is 4.79 Å². The van der Waals surface area contributed by atoms with Crippen LogP contribution in [0.1, 0.15) is 48.4 Å². The highest BCUT2D eigenvalue weighted by atomic mass is 16.4. The number of carbonyl (C=O) groups excluding carboxylic acids is 1. The first kappa shape index (κ1) is 15.1. The number of aromatic carboxylic acids is 1. The highest BCUT2D eigenvalue weighted by Crippen LogP contribution is 2.24. The molecule has 21 heavy (non-hydrogen) atoms. The number of furan rings is 1. The number of carboxylic acid groups (broad SMARTS) is 1. The summed E-state index contributed by atoms with van der Waals surface area (Å²) in [6.45, 7) is 3.60. The zero-order valence-electron chi connectivity index (χ0n) is 11.9. The van der Waals surface area contributed by atoms with Gasteiger partial charge in [-0.2, -0.15) is 5.26 Å². The molecule has 1 N–H and O–H groups in total. The minimum atomic E-state index is -1.19. The summed E-state index contributed by atoms with van der Waals surface area (Å²) in [6, 6.07) is 4.76. The number of piperidine rings is 1. The Labute approximate surface area is 123 Å². The van der Waals surface area contributed by atoms with Gasteiger partial charge in [0.1, 0.15) is 11.7 Å². The maximum Gasteiger partial charge on any atom is 0.371 e. The standard InChI is InChI=1S/C15H18N2O4/c1-10-4-6-17(7-5-10)14(18)8-11(9-16)12-2-3-13(21-12)15(19)20/h2-3,10-11H,4-8H2,1H3,(H,19,20). The van der Waals surface area contributed by atoms with Gasteiger partial charge >= 0.3 is 5.97 Å². The monoisotopic (exact) mass is 290 g/mol. The Bertz CT molecular complexity index is 564. The lowest BCUT2D eigenvalue weighted by molar-refractivity contribution is -0.132. The van der Waals surface area contributed by atoms with E-state index in [0.717, 1.165) is 25.9 Å². The number of carboxylic acids is 1. The fourth-order valence-electron chi connectivity index (χ4n) is 2.43. The molecule has 1 aliphatic rings. The van der Waals surface area contributed by atoms with Crippen LogP contribution in [0.15, 0.2) is 16.5 Å². The van der Waals surface area contributed by atoms with Crippen LogP contribution in [0.2, 0.25) is 0 Å². The van der Waals surface area contributed by atoms with Crippen LogP contribution in [0.4, 0.5) is 0 Å². The van der Waals surface area contributed by atoms with Gasteiger partial charge in [-0.05, 0) is 30.9 Å². The molecule has 0 spiro atoms. The molecule has 6 heteroatoms. The van der Waals surface area contributed by atoms with E-state index >= 15 is 0 Å². The molecule has 1 fully saturated rings. The summed E-state index contributed by atoms with van der Waals surface area (Å²) in [6.07, 6.45) is 1.98. The predicted molar refractivity (Wildman–Crippen MR) is 73.6 cm³/mol. The van der Waals surface area contributed by atoms with Crippen molar-refractivity contribution in [3.8, 4) is 6.07 Å².